The first-order valence-electron chi connectivity index (χ1n) is 4.53. The highest BCUT2D eigenvalue weighted by Gasteiger charge is 2.24. The summed E-state index contributed by atoms with van der Waals surface area (Å²) in [5, 5.41) is 0. The molecule has 0 fully saturated rings. The SMILES string of the molecule is CC(C)(C)[C@@H](N)c1cc(I)ccc1F.Cl. The zero-order valence-electron chi connectivity index (χ0n) is 9.05. The first-order valence-corrected chi connectivity index (χ1v) is 5.61. The van der Waals surface area contributed by atoms with Gasteiger partial charge >= 0.3 is 0 Å². The Hall–Kier alpha value is 0.130. The molecule has 0 unspecified atom stereocenters. The van der Waals surface area contributed by atoms with Crippen LogP contribution in [0.3, 0.4) is 0 Å². The molecule has 86 valence electrons. The van der Waals surface area contributed by atoms with Crippen molar-refractivity contribution >= 4 is 35.0 Å². The topological polar surface area (TPSA) is 26.0 Å². The van der Waals surface area contributed by atoms with Gasteiger partial charge in [0.1, 0.15) is 5.82 Å². The molecule has 0 aliphatic heterocycles. The molecule has 15 heavy (non-hydrogen) atoms. The molecule has 0 radical (unpaired) electrons. The van der Waals surface area contributed by atoms with Crippen LogP contribution in [0.4, 0.5) is 4.39 Å². The molecule has 1 rings (SSSR count). The van der Waals surface area contributed by atoms with Crippen LogP contribution in [-0.2, 0) is 0 Å². The molecule has 0 heterocycles. The molecule has 0 aromatic heterocycles. The predicted molar refractivity (Wildman–Crippen MR) is 72.7 cm³/mol. The number of nitrogens with two attached hydrogens (primary N) is 1. The monoisotopic (exact) mass is 343 g/mol. The van der Waals surface area contributed by atoms with Gasteiger partial charge in [0, 0.05) is 15.2 Å². The van der Waals surface area contributed by atoms with Gasteiger partial charge in [0.25, 0.3) is 0 Å². The quantitative estimate of drug-likeness (QED) is 0.769. The molecule has 1 atom stereocenters. The number of hydrogen-bond acceptors (Lipinski definition) is 1. The van der Waals surface area contributed by atoms with Gasteiger partial charge in [-0.05, 0) is 46.2 Å². The van der Waals surface area contributed by atoms with Crippen LogP contribution in [0.5, 0.6) is 0 Å². The number of rotatable bonds is 1. The average Bonchev–Trinajstić information content (AvgIpc) is 2.06. The molecule has 0 aliphatic rings. The number of halogens is 3. The summed E-state index contributed by atoms with van der Waals surface area (Å²) in [5.74, 6) is -0.215. The fraction of sp³-hybridized carbons (Fsp3) is 0.455. The van der Waals surface area contributed by atoms with E-state index in [1.54, 1.807) is 6.07 Å². The maximum absolute atomic E-state index is 13.5. The second kappa shape index (κ2) is 5.46. The van der Waals surface area contributed by atoms with Crippen LogP contribution in [0.2, 0.25) is 0 Å². The second-order valence-electron chi connectivity index (χ2n) is 4.51. The lowest BCUT2D eigenvalue weighted by molar-refractivity contribution is 0.319. The van der Waals surface area contributed by atoms with Gasteiger partial charge < -0.3 is 5.73 Å². The van der Waals surface area contributed by atoms with Crippen molar-refractivity contribution in [3.63, 3.8) is 0 Å². The Morgan fingerprint density at radius 2 is 1.87 bits per heavy atom. The molecule has 0 bridgehead atoms. The van der Waals surface area contributed by atoms with Crippen molar-refractivity contribution < 1.29 is 4.39 Å². The molecule has 1 aromatic rings. The van der Waals surface area contributed by atoms with Crippen molar-refractivity contribution in [3.05, 3.63) is 33.1 Å². The fourth-order valence-electron chi connectivity index (χ4n) is 1.22. The van der Waals surface area contributed by atoms with Crippen LogP contribution in [-0.4, -0.2) is 0 Å². The van der Waals surface area contributed by atoms with Crippen LogP contribution >= 0.6 is 35.0 Å². The van der Waals surface area contributed by atoms with Gasteiger partial charge in [-0.15, -0.1) is 12.4 Å². The predicted octanol–water partition coefficient (Wildman–Crippen LogP) is 3.90. The van der Waals surface area contributed by atoms with Gasteiger partial charge in [-0.25, -0.2) is 4.39 Å². The van der Waals surface area contributed by atoms with Gasteiger partial charge in [0.15, 0.2) is 0 Å². The third-order valence-electron chi connectivity index (χ3n) is 2.23. The highest BCUT2D eigenvalue weighted by molar-refractivity contribution is 14.1. The maximum Gasteiger partial charge on any atom is 0.128 e. The zero-order chi connectivity index (χ0) is 10.9. The smallest absolute Gasteiger partial charge is 0.128 e. The summed E-state index contributed by atoms with van der Waals surface area (Å²) < 4.78 is 14.5. The van der Waals surface area contributed by atoms with Crippen molar-refractivity contribution in [1.82, 2.24) is 0 Å². The van der Waals surface area contributed by atoms with E-state index < -0.39 is 0 Å². The Bertz CT molecular complexity index is 336. The van der Waals surface area contributed by atoms with Crippen molar-refractivity contribution in [2.45, 2.75) is 26.8 Å². The van der Waals surface area contributed by atoms with Crippen molar-refractivity contribution in [3.8, 4) is 0 Å². The fourth-order valence-corrected chi connectivity index (χ4v) is 1.73. The minimum atomic E-state index is -0.266. The van der Waals surface area contributed by atoms with Crippen LogP contribution in [0, 0.1) is 14.8 Å². The molecule has 2 N–H and O–H groups in total. The highest BCUT2D eigenvalue weighted by atomic mass is 127. The molecule has 0 spiro atoms. The molecule has 1 nitrogen and oxygen atoms in total. The van der Waals surface area contributed by atoms with E-state index in [2.05, 4.69) is 22.6 Å². The lowest BCUT2D eigenvalue weighted by atomic mass is 9.83. The molecule has 0 saturated heterocycles. The van der Waals surface area contributed by atoms with Crippen molar-refractivity contribution in [1.29, 1.82) is 0 Å². The minimum absolute atomic E-state index is 0. The lowest BCUT2D eigenvalue weighted by Crippen LogP contribution is -2.27. The summed E-state index contributed by atoms with van der Waals surface area (Å²) in [6.07, 6.45) is 0. The van der Waals surface area contributed by atoms with E-state index in [1.165, 1.54) is 6.07 Å². The molecule has 0 amide bonds. The maximum atomic E-state index is 13.5. The summed E-state index contributed by atoms with van der Waals surface area (Å²) in [6, 6.07) is 4.76. The van der Waals surface area contributed by atoms with E-state index in [0.29, 0.717) is 5.56 Å². The van der Waals surface area contributed by atoms with Crippen LogP contribution in [0.15, 0.2) is 18.2 Å². The largest absolute Gasteiger partial charge is 0.323 e. The molecular formula is C11H16ClFIN. The van der Waals surface area contributed by atoms with Crippen LogP contribution < -0.4 is 5.73 Å². The first kappa shape index (κ1) is 15.1. The molecule has 1 aromatic carbocycles. The summed E-state index contributed by atoms with van der Waals surface area (Å²) in [7, 11) is 0. The van der Waals surface area contributed by atoms with Crippen molar-refractivity contribution in [2.75, 3.05) is 0 Å². The summed E-state index contributed by atoms with van der Waals surface area (Å²) in [6.45, 7) is 6.03. The van der Waals surface area contributed by atoms with E-state index in [4.69, 9.17) is 5.73 Å². The summed E-state index contributed by atoms with van der Waals surface area (Å²) >= 11 is 2.16. The van der Waals surface area contributed by atoms with Crippen LogP contribution in [0.1, 0.15) is 32.4 Å². The Morgan fingerprint density at radius 1 is 1.33 bits per heavy atom. The lowest BCUT2D eigenvalue weighted by Gasteiger charge is -2.27. The highest BCUT2D eigenvalue weighted by Crippen LogP contribution is 2.32. The van der Waals surface area contributed by atoms with Crippen LogP contribution in [0.25, 0.3) is 0 Å². The second-order valence-corrected chi connectivity index (χ2v) is 5.76. The Kier molecular flexibility index (Phi) is 5.50. The standard InChI is InChI=1S/C11H15FIN.ClH/c1-11(2,3)10(14)8-6-7(13)4-5-9(8)12;/h4-6,10H,14H2,1-3H3;1H/t10-;/m0./s1. The average molecular weight is 344 g/mol. The molecule has 0 saturated carbocycles. The van der Waals surface area contributed by atoms with Gasteiger partial charge in [-0.2, -0.15) is 0 Å². The Balaban J connectivity index is 0.00000196. The van der Waals surface area contributed by atoms with Gasteiger partial charge in [-0.3, -0.25) is 0 Å². The minimum Gasteiger partial charge on any atom is -0.323 e. The van der Waals surface area contributed by atoms with E-state index in [9.17, 15) is 4.39 Å². The third-order valence-corrected chi connectivity index (χ3v) is 2.90. The molecular weight excluding hydrogens is 327 g/mol. The normalized spacial score (nSPS) is 13.2. The first-order chi connectivity index (χ1) is 6.32. The third kappa shape index (κ3) is 3.89. The summed E-state index contributed by atoms with van der Waals surface area (Å²) in [4.78, 5) is 0. The van der Waals surface area contributed by atoms with Gasteiger partial charge in [-0.1, -0.05) is 20.8 Å². The van der Waals surface area contributed by atoms with E-state index in [-0.39, 0.29) is 29.7 Å². The zero-order valence-corrected chi connectivity index (χ0v) is 12.0. The van der Waals surface area contributed by atoms with Gasteiger partial charge in [0.05, 0.1) is 0 Å². The van der Waals surface area contributed by atoms with E-state index in [1.807, 2.05) is 26.8 Å². The Labute approximate surface area is 110 Å². The molecule has 0 aliphatic carbocycles. The number of hydrogen-bond donors (Lipinski definition) is 1. The number of benzene rings is 1. The van der Waals surface area contributed by atoms with Gasteiger partial charge in [0.2, 0.25) is 0 Å². The van der Waals surface area contributed by atoms with Crippen molar-refractivity contribution in [2.24, 2.45) is 11.1 Å². The van der Waals surface area contributed by atoms with E-state index >= 15 is 0 Å². The van der Waals surface area contributed by atoms with E-state index in [0.717, 1.165) is 3.57 Å². The Morgan fingerprint density at radius 3 is 2.33 bits per heavy atom. The molecule has 4 heteroatoms. The summed E-state index contributed by atoms with van der Waals surface area (Å²) in [5.41, 5.74) is 6.48.